The van der Waals surface area contributed by atoms with Crippen LogP contribution in [0.15, 0.2) is 41.5 Å². The molecule has 4 nitrogen and oxygen atoms in total. The summed E-state index contributed by atoms with van der Waals surface area (Å²) in [6, 6.07) is 9.50. The fourth-order valence-corrected chi connectivity index (χ4v) is 0.913. The molecule has 0 unspecified atom stereocenters. The van der Waals surface area contributed by atoms with Crippen LogP contribution >= 0.6 is 0 Å². The van der Waals surface area contributed by atoms with E-state index in [9.17, 15) is 4.79 Å². The van der Waals surface area contributed by atoms with Gasteiger partial charge < -0.3 is 5.32 Å². The molecule has 0 aliphatic rings. The van der Waals surface area contributed by atoms with E-state index in [1.165, 1.54) is 13.3 Å². The second kappa shape index (κ2) is 6.37. The van der Waals surface area contributed by atoms with Crippen molar-refractivity contribution in [1.29, 1.82) is 0 Å². The first kappa shape index (κ1) is 11.0. The molecule has 15 heavy (non-hydrogen) atoms. The van der Waals surface area contributed by atoms with Crippen LogP contribution in [0.2, 0.25) is 0 Å². The second-order valence-corrected chi connectivity index (χ2v) is 2.74. The van der Waals surface area contributed by atoms with Gasteiger partial charge in [-0.1, -0.05) is 36.4 Å². The Hall–Kier alpha value is -2.10. The van der Waals surface area contributed by atoms with Gasteiger partial charge in [-0.05, 0) is 11.6 Å². The molecule has 0 fully saturated rings. The Balaban J connectivity index is 2.37. The average Bonchev–Trinajstić information content (AvgIpc) is 2.29. The molecule has 0 atom stereocenters. The van der Waals surface area contributed by atoms with Crippen LogP contribution in [0.3, 0.4) is 0 Å². The van der Waals surface area contributed by atoms with E-state index in [0.29, 0.717) is 0 Å². The number of benzene rings is 1. The van der Waals surface area contributed by atoms with Gasteiger partial charge in [-0.25, -0.2) is 10.2 Å². The molecule has 0 spiro atoms. The van der Waals surface area contributed by atoms with Crippen LogP contribution in [0.4, 0.5) is 4.79 Å². The number of nitrogens with one attached hydrogen (secondary N) is 2. The predicted octanol–water partition coefficient (Wildman–Crippen LogP) is 1.61. The van der Waals surface area contributed by atoms with Gasteiger partial charge in [-0.15, -0.1) is 0 Å². The number of nitrogens with zero attached hydrogens (tertiary/aromatic N) is 1. The third kappa shape index (κ3) is 4.61. The van der Waals surface area contributed by atoms with Gasteiger partial charge in [0, 0.05) is 13.3 Å². The molecule has 78 valence electrons. The van der Waals surface area contributed by atoms with Crippen molar-refractivity contribution in [2.75, 3.05) is 7.05 Å². The minimum absolute atomic E-state index is 0.334. The zero-order chi connectivity index (χ0) is 10.9. The molecule has 2 amide bonds. The van der Waals surface area contributed by atoms with Gasteiger partial charge in [0.1, 0.15) is 0 Å². The Morgan fingerprint density at radius 1 is 1.33 bits per heavy atom. The Labute approximate surface area is 88.7 Å². The highest BCUT2D eigenvalue weighted by atomic mass is 16.2. The normalized spacial score (nSPS) is 10.7. The van der Waals surface area contributed by atoms with E-state index in [1.807, 2.05) is 36.4 Å². The number of hydrogen-bond donors (Lipinski definition) is 2. The lowest BCUT2D eigenvalue weighted by Crippen LogP contribution is -2.28. The van der Waals surface area contributed by atoms with Crippen LogP contribution < -0.4 is 10.7 Å². The molecule has 0 saturated heterocycles. The lowest BCUT2D eigenvalue weighted by Gasteiger charge is -1.93. The molecule has 0 bridgehead atoms. The summed E-state index contributed by atoms with van der Waals surface area (Å²) in [6.07, 6.45) is 5.17. The maximum absolute atomic E-state index is 10.7. The summed E-state index contributed by atoms with van der Waals surface area (Å²) in [5.41, 5.74) is 3.37. The minimum Gasteiger partial charge on any atom is -0.340 e. The quantitative estimate of drug-likeness (QED) is 0.569. The molecular weight excluding hydrogens is 190 g/mol. The van der Waals surface area contributed by atoms with Crippen LogP contribution in [-0.4, -0.2) is 19.3 Å². The van der Waals surface area contributed by atoms with Crippen molar-refractivity contribution in [3.63, 3.8) is 0 Å². The van der Waals surface area contributed by atoms with E-state index in [4.69, 9.17) is 0 Å². The van der Waals surface area contributed by atoms with Crippen molar-refractivity contribution >= 4 is 18.3 Å². The van der Waals surface area contributed by atoms with Gasteiger partial charge in [0.05, 0.1) is 0 Å². The monoisotopic (exact) mass is 203 g/mol. The molecule has 0 heterocycles. The van der Waals surface area contributed by atoms with Gasteiger partial charge in [0.2, 0.25) is 0 Å². The Kier molecular flexibility index (Phi) is 4.66. The highest BCUT2D eigenvalue weighted by molar-refractivity contribution is 5.80. The van der Waals surface area contributed by atoms with Crippen molar-refractivity contribution < 1.29 is 4.79 Å². The number of rotatable bonds is 3. The topological polar surface area (TPSA) is 53.5 Å². The molecule has 1 aromatic carbocycles. The first-order valence-electron chi connectivity index (χ1n) is 4.55. The summed E-state index contributed by atoms with van der Waals surface area (Å²) in [5, 5.41) is 6.07. The molecule has 1 rings (SSSR count). The van der Waals surface area contributed by atoms with Gasteiger partial charge in [-0.3, -0.25) is 0 Å². The summed E-state index contributed by atoms with van der Waals surface area (Å²) < 4.78 is 0. The van der Waals surface area contributed by atoms with E-state index in [1.54, 1.807) is 6.08 Å². The van der Waals surface area contributed by atoms with Crippen molar-refractivity contribution in [1.82, 2.24) is 10.7 Å². The zero-order valence-electron chi connectivity index (χ0n) is 8.47. The first-order chi connectivity index (χ1) is 7.33. The maximum Gasteiger partial charge on any atom is 0.334 e. The van der Waals surface area contributed by atoms with E-state index in [-0.39, 0.29) is 6.03 Å². The standard InChI is InChI=1S/C11H13N3O/c1-12-11(15)14-13-9-5-8-10-6-3-2-4-7-10/h2-9H,1H3,(H2,12,14,15)/b8-5+,13-9+. The molecule has 1 aromatic rings. The van der Waals surface area contributed by atoms with Crippen LogP contribution in [0.25, 0.3) is 6.08 Å². The third-order valence-electron chi connectivity index (χ3n) is 1.64. The van der Waals surface area contributed by atoms with Gasteiger partial charge in [0.25, 0.3) is 0 Å². The lowest BCUT2D eigenvalue weighted by atomic mass is 10.2. The summed E-state index contributed by atoms with van der Waals surface area (Å²) in [5.74, 6) is 0. The number of allylic oxidation sites excluding steroid dienone is 1. The van der Waals surface area contributed by atoms with Crippen LogP contribution in [-0.2, 0) is 0 Å². The highest BCUT2D eigenvalue weighted by Gasteiger charge is 1.87. The average molecular weight is 203 g/mol. The molecule has 0 radical (unpaired) electrons. The largest absolute Gasteiger partial charge is 0.340 e. The van der Waals surface area contributed by atoms with Crippen molar-refractivity contribution in [2.24, 2.45) is 5.10 Å². The SMILES string of the molecule is CNC(=O)N/N=C/C=C/c1ccccc1. The summed E-state index contributed by atoms with van der Waals surface area (Å²) >= 11 is 0. The molecule has 0 saturated carbocycles. The minimum atomic E-state index is -0.334. The molecule has 4 heteroatoms. The Bertz CT molecular complexity index is 357. The van der Waals surface area contributed by atoms with Gasteiger partial charge in [0.15, 0.2) is 0 Å². The highest BCUT2D eigenvalue weighted by Crippen LogP contribution is 1.99. The van der Waals surface area contributed by atoms with Gasteiger partial charge >= 0.3 is 6.03 Å². The predicted molar refractivity (Wildman–Crippen MR) is 61.6 cm³/mol. The number of carbonyl (C=O) groups is 1. The molecule has 0 aromatic heterocycles. The molecule has 2 N–H and O–H groups in total. The first-order valence-corrected chi connectivity index (χ1v) is 4.55. The Morgan fingerprint density at radius 2 is 2.07 bits per heavy atom. The van der Waals surface area contributed by atoms with E-state index >= 15 is 0 Å². The van der Waals surface area contributed by atoms with Gasteiger partial charge in [-0.2, -0.15) is 5.10 Å². The van der Waals surface area contributed by atoms with Crippen molar-refractivity contribution in [3.05, 3.63) is 42.0 Å². The summed E-state index contributed by atoms with van der Waals surface area (Å²) in [4.78, 5) is 10.7. The zero-order valence-corrected chi connectivity index (χ0v) is 8.47. The third-order valence-corrected chi connectivity index (χ3v) is 1.64. The number of hydrazone groups is 1. The summed E-state index contributed by atoms with van der Waals surface area (Å²) in [7, 11) is 1.53. The Morgan fingerprint density at radius 3 is 2.73 bits per heavy atom. The smallest absolute Gasteiger partial charge is 0.334 e. The van der Waals surface area contributed by atoms with Crippen molar-refractivity contribution in [3.8, 4) is 0 Å². The number of hydrogen-bond acceptors (Lipinski definition) is 2. The maximum atomic E-state index is 10.7. The summed E-state index contributed by atoms with van der Waals surface area (Å²) in [6.45, 7) is 0. The van der Waals surface area contributed by atoms with Crippen LogP contribution in [0.1, 0.15) is 5.56 Å². The molecule has 0 aliphatic heterocycles. The van der Waals surface area contributed by atoms with E-state index < -0.39 is 0 Å². The van der Waals surface area contributed by atoms with Crippen LogP contribution in [0, 0.1) is 0 Å². The van der Waals surface area contributed by atoms with Crippen molar-refractivity contribution in [2.45, 2.75) is 0 Å². The fourth-order valence-electron chi connectivity index (χ4n) is 0.913. The van der Waals surface area contributed by atoms with E-state index in [2.05, 4.69) is 15.8 Å². The molecular formula is C11H13N3O. The number of urea groups is 1. The number of carbonyl (C=O) groups excluding carboxylic acids is 1. The lowest BCUT2D eigenvalue weighted by molar-refractivity contribution is 0.243. The van der Waals surface area contributed by atoms with E-state index in [0.717, 1.165) is 5.56 Å². The second-order valence-electron chi connectivity index (χ2n) is 2.74. The fraction of sp³-hybridized carbons (Fsp3) is 0.0909. The van der Waals surface area contributed by atoms with Crippen LogP contribution in [0.5, 0.6) is 0 Å². The molecule has 0 aliphatic carbocycles. The number of amides is 2.